The van der Waals surface area contributed by atoms with Gasteiger partial charge in [0.2, 0.25) is 0 Å². The number of morpholine rings is 1. The minimum Gasteiger partial charge on any atom is -0.376 e. The maximum Gasteiger partial charge on any atom is 0.405 e. The van der Waals surface area contributed by atoms with Crippen LogP contribution in [-0.4, -0.2) is 48.5 Å². The van der Waals surface area contributed by atoms with E-state index in [0.717, 1.165) is 0 Å². The molecule has 4 unspecified atom stereocenters. The Hall–Kier alpha value is -0.330. The van der Waals surface area contributed by atoms with Crippen molar-refractivity contribution >= 4 is 0 Å². The zero-order valence-corrected chi connectivity index (χ0v) is 11.2. The van der Waals surface area contributed by atoms with E-state index in [1.54, 1.807) is 13.8 Å². The molecule has 1 fully saturated rings. The molecule has 0 radical (unpaired) electrons. The van der Waals surface area contributed by atoms with Gasteiger partial charge in [-0.15, -0.1) is 0 Å². The van der Waals surface area contributed by atoms with Gasteiger partial charge in [0.1, 0.15) is 6.04 Å². The van der Waals surface area contributed by atoms with Crippen molar-refractivity contribution in [1.29, 1.82) is 0 Å². The van der Waals surface area contributed by atoms with Crippen molar-refractivity contribution in [3.8, 4) is 0 Å². The minimum atomic E-state index is -4.29. The highest BCUT2D eigenvalue weighted by Crippen LogP contribution is 2.31. The quantitative estimate of drug-likeness (QED) is 0.849. The summed E-state index contributed by atoms with van der Waals surface area (Å²) in [4.78, 5) is 1.49. The molecule has 0 aromatic carbocycles. The Morgan fingerprint density at radius 1 is 1.39 bits per heavy atom. The molecule has 0 spiro atoms. The first kappa shape index (κ1) is 15.7. The first-order valence-electron chi connectivity index (χ1n) is 6.50. The van der Waals surface area contributed by atoms with Crippen LogP contribution in [0.5, 0.6) is 0 Å². The average molecular weight is 268 g/mol. The number of nitrogens with zero attached hydrogens (tertiary/aromatic N) is 1. The van der Waals surface area contributed by atoms with Gasteiger partial charge in [-0.1, -0.05) is 13.8 Å². The second-order valence-corrected chi connectivity index (χ2v) is 4.96. The Labute approximate surface area is 106 Å². The molecule has 18 heavy (non-hydrogen) atoms. The van der Waals surface area contributed by atoms with Crippen LogP contribution >= 0.6 is 0 Å². The van der Waals surface area contributed by atoms with Crippen molar-refractivity contribution in [3.63, 3.8) is 0 Å². The van der Waals surface area contributed by atoms with Gasteiger partial charge >= 0.3 is 6.18 Å². The number of hydrogen-bond donors (Lipinski definition) is 1. The highest BCUT2D eigenvalue weighted by Gasteiger charge is 2.49. The summed E-state index contributed by atoms with van der Waals surface area (Å²) in [5.41, 5.74) is 5.69. The fraction of sp³-hybridized carbons (Fsp3) is 1.00. The van der Waals surface area contributed by atoms with Crippen molar-refractivity contribution in [2.24, 2.45) is 5.73 Å². The van der Waals surface area contributed by atoms with Crippen molar-refractivity contribution in [2.75, 3.05) is 13.2 Å². The monoisotopic (exact) mass is 268 g/mol. The number of hydrogen-bond acceptors (Lipinski definition) is 3. The maximum absolute atomic E-state index is 13.2. The molecule has 108 valence electrons. The molecule has 0 bridgehead atoms. The Balaban J connectivity index is 2.94. The van der Waals surface area contributed by atoms with Gasteiger partial charge in [-0.25, -0.2) is 0 Å². The molecule has 1 heterocycles. The molecule has 1 rings (SSSR count). The molecule has 1 saturated heterocycles. The molecule has 0 aromatic heterocycles. The Morgan fingerprint density at radius 2 is 2.00 bits per heavy atom. The SMILES string of the molecule is CCC(N)C(N1CC(C)OCC1CC)C(F)(F)F. The van der Waals surface area contributed by atoms with Gasteiger partial charge in [0, 0.05) is 18.6 Å². The molecule has 2 N–H and O–H groups in total. The zero-order valence-electron chi connectivity index (χ0n) is 11.2. The van der Waals surface area contributed by atoms with Crippen molar-refractivity contribution in [3.05, 3.63) is 0 Å². The first-order valence-corrected chi connectivity index (χ1v) is 6.50. The summed E-state index contributed by atoms with van der Waals surface area (Å²) >= 11 is 0. The van der Waals surface area contributed by atoms with E-state index in [2.05, 4.69) is 0 Å². The largest absolute Gasteiger partial charge is 0.405 e. The third-order valence-corrected chi connectivity index (χ3v) is 3.55. The van der Waals surface area contributed by atoms with E-state index in [1.807, 2.05) is 6.92 Å². The number of halogens is 3. The standard InChI is InChI=1S/C12H23F3N2O/c1-4-9-7-18-8(3)6-17(9)11(10(16)5-2)12(13,14)15/h8-11H,4-7,16H2,1-3H3. The Kier molecular flexibility index (Phi) is 5.43. The van der Waals surface area contributed by atoms with Crippen LogP contribution in [0.3, 0.4) is 0 Å². The Bertz CT molecular complexity index is 260. The molecule has 0 aromatic rings. The lowest BCUT2D eigenvalue weighted by Gasteiger charge is -2.45. The predicted octanol–water partition coefficient (Wildman–Crippen LogP) is 2.15. The second-order valence-electron chi connectivity index (χ2n) is 4.96. The molecular weight excluding hydrogens is 245 g/mol. The van der Waals surface area contributed by atoms with Gasteiger partial charge in [-0.2, -0.15) is 13.2 Å². The minimum absolute atomic E-state index is 0.179. The lowest BCUT2D eigenvalue weighted by molar-refractivity contribution is -0.212. The fourth-order valence-corrected chi connectivity index (χ4v) is 2.46. The highest BCUT2D eigenvalue weighted by atomic mass is 19.4. The van der Waals surface area contributed by atoms with Crippen LogP contribution in [0, 0.1) is 0 Å². The van der Waals surface area contributed by atoms with Gasteiger partial charge in [-0.05, 0) is 19.8 Å². The second kappa shape index (κ2) is 6.21. The lowest BCUT2D eigenvalue weighted by atomic mass is 9.99. The van der Waals surface area contributed by atoms with E-state index in [0.29, 0.717) is 19.4 Å². The van der Waals surface area contributed by atoms with E-state index in [9.17, 15) is 13.2 Å². The van der Waals surface area contributed by atoms with Crippen LogP contribution < -0.4 is 5.73 Å². The van der Waals surface area contributed by atoms with Gasteiger partial charge < -0.3 is 10.5 Å². The molecule has 0 aliphatic carbocycles. The number of alkyl halides is 3. The number of ether oxygens (including phenoxy) is 1. The topological polar surface area (TPSA) is 38.5 Å². The van der Waals surface area contributed by atoms with Crippen LogP contribution in [0.2, 0.25) is 0 Å². The smallest absolute Gasteiger partial charge is 0.376 e. The van der Waals surface area contributed by atoms with E-state index in [4.69, 9.17) is 10.5 Å². The van der Waals surface area contributed by atoms with Crippen LogP contribution in [-0.2, 0) is 4.74 Å². The summed E-state index contributed by atoms with van der Waals surface area (Å²) in [6, 6.07) is -2.66. The van der Waals surface area contributed by atoms with Gasteiger partial charge in [-0.3, -0.25) is 4.90 Å². The van der Waals surface area contributed by atoms with Crippen molar-refractivity contribution in [2.45, 2.75) is 64.0 Å². The number of rotatable bonds is 4. The number of nitrogens with two attached hydrogens (primary N) is 1. The van der Waals surface area contributed by atoms with E-state index in [1.165, 1.54) is 4.90 Å². The lowest BCUT2D eigenvalue weighted by Crippen LogP contribution is -2.63. The summed E-state index contributed by atoms with van der Waals surface area (Å²) < 4.78 is 45.1. The van der Waals surface area contributed by atoms with E-state index in [-0.39, 0.29) is 18.7 Å². The summed E-state index contributed by atoms with van der Waals surface area (Å²) in [7, 11) is 0. The van der Waals surface area contributed by atoms with Crippen LogP contribution in [0.15, 0.2) is 0 Å². The first-order chi connectivity index (χ1) is 8.31. The molecule has 3 nitrogen and oxygen atoms in total. The molecule has 0 saturated carbocycles. The molecule has 0 amide bonds. The van der Waals surface area contributed by atoms with Crippen LogP contribution in [0.1, 0.15) is 33.6 Å². The molecule has 4 atom stereocenters. The summed E-state index contributed by atoms with van der Waals surface area (Å²) in [6.07, 6.45) is -3.52. The summed E-state index contributed by atoms with van der Waals surface area (Å²) in [5, 5.41) is 0. The zero-order chi connectivity index (χ0) is 13.9. The maximum atomic E-state index is 13.2. The van der Waals surface area contributed by atoms with Gasteiger partial charge in [0.25, 0.3) is 0 Å². The fourth-order valence-electron chi connectivity index (χ4n) is 2.46. The molecule has 1 aliphatic heterocycles. The van der Waals surface area contributed by atoms with Crippen LogP contribution in [0.25, 0.3) is 0 Å². The van der Waals surface area contributed by atoms with Crippen molar-refractivity contribution < 1.29 is 17.9 Å². The molecular formula is C12H23F3N2O. The average Bonchev–Trinajstić information content (AvgIpc) is 2.27. The summed E-state index contributed by atoms with van der Waals surface area (Å²) in [6.45, 7) is 6.00. The Morgan fingerprint density at radius 3 is 2.44 bits per heavy atom. The van der Waals surface area contributed by atoms with E-state index >= 15 is 0 Å². The molecule has 6 heteroatoms. The predicted molar refractivity (Wildman–Crippen MR) is 64.3 cm³/mol. The third-order valence-electron chi connectivity index (χ3n) is 3.55. The summed E-state index contributed by atoms with van der Waals surface area (Å²) in [5.74, 6) is 0. The third kappa shape index (κ3) is 3.59. The normalized spacial score (nSPS) is 30.2. The van der Waals surface area contributed by atoms with Crippen molar-refractivity contribution in [1.82, 2.24) is 4.90 Å². The van der Waals surface area contributed by atoms with E-state index < -0.39 is 18.3 Å². The van der Waals surface area contributed by atoms with Gasteiger partial charge in [0.05, 0.1) is 12.7 Å². The van der Waals surface area contributed by atoms with Crippen LogP contribution in [0.4, 0.5) is 13.2 Å². The molecule has 1 aliphatic rings. The highest BCUT2D eigenvalue weighted by molar-refractivity contribution is 4.93. The van der Waals surface area contributed by atoms with Gasteiger partial charge in [0.15, 0.2) is 0 Å².